The van der Waals surface area contributed by atoms with Crippen molar-refractivity contribution >= 4 is 21.6 Å². The van der Waals surface area contributed by atoms with Gasteiger partial charge in [0.25, 0.3) is 0 Å². The zero-order valence-electron chi connectivity index (χ0n) is 13.7. The van der Waals surface area contributed by atoms with Crippen LogP contribution in [0.25, 0.3) is 0 Å². The molecule has 0 radical (unpaired) electrons. The minimum Gasteiger partial charge on any atom is -0.267 e. The molecule has 0 unspecified atom stereocenters. The fraction of sp³-hybridized carbons (Fsp3) is 0.333. The van der Waals surface area contributed by atoms with Crippen molar-refractivity contribution in [1.82, 2.24) is 0 Å². The van der Waals surface area contributed by atoms with Gasteiger partial charge in [0.05, 0.1) is 11.4 Å². The van der Waals surface area contributed by atoms with Gasteiger partial charge in [0.1, 0.15) is 0 Å². The molecule has 1 N–H and O–H groups in total. The van der Waals surface area contributed by atoms with E-state index in [0.29, 0.717) is 12.2 Å². The second kappa shape index (κ2) is 5.57. The van der Waals surface area contributed by atoms with Gasteiger partial charge < -0.3 is 0 Å². The summed E-state index contributed by atoms with van der Waals surface area (Å²) in [4.78, 5) is 0. The Bertz CT molecular complexity index is 806. The van der Waals surface area contributed by atoms with Gasteiger partial charge in [0.2, 0.25) is 0 Å². The van der Waals surface area contributed by atoms with Crippen molar-refractivity contribution < 1.29 is 8.42 Å². The van der Waals surface area contributed by atoms with Gasteiger partial charge in [-0.2, -0.15) is 8.42 Å². The minimum atomic E-state index is -3.59. The lowest BCUT2D eigenvalue weighted by atomic mass is 9.87. The highest BCUT2D eigenvalue weighted by molar-refractivity contribution is 7.94. The monoisotopic (exact) mass is 330 g/mol. The Kier molecular flexibility index (Phi) is 3.84. The maximum atomic E-state index is 12.7. The molecule has 2 aromatic carbocycles. The van der Waals surface area contributed by atoms with Gasteiger partial charge in [0, 0.05) is 6.54 Å². The fourth-order valence-electron chi connectivity index (χ4n) is 2.80. The normalized spacial score (nSPS) is 14.7. The lowest BCUT2D eigenvalue weighted by Crippen LogP contribution is -2.34. The third-order valence-electron chi connectivity index (χ3n) is 4.13. The zero-order valence-corrected chi connectivity index (χ0v) is 14.5. The molecule has 1 aliphatic heterocycles. The first-order valence-corrected chi connectivity index (χ1v) is 9.20. The van der Waals surface area contributed by atoms with E-state index in [9.17, 15) is 8.42 Å². The maximum absolute atomic E-state index is 12.7. The molecule has 0 spiro atoms. The van der Waals surface area contributed by atoms with E-state index in [0.717, 1.165) is 17.7 Å². The van der Waals surface area contributed by atoms with Crippen LogP contribution in [0.15, 0.2) is 48.5 Å². The molecule has 0 saturated carbocycles. The lowest BCUT2D eigenvalue weighted by molar-refractivity contribution is 0.590. The van der Waals surface area contributed by atoms with Gasteiger partial charge in [-0.3, -0.25) is 9.03 Å². The predicted molar refractivity (Wildman–Crippen MR) is 95.2 cm³/mol. The van der Waals surface area contributed by atoms with E-state index in [4.69, 9.17) is 0 Å². The quantitative estimate of drug-likeness (QED) is 0.933. The first-order valence-electron chi connectivity index (χ1n) is 7.76. The molecular formula is C18H22N2O2S. The van der Waals surface area contributed by atoms with Crippen molar-refractivity contribution in [3.05, 3.63) is 59.7 Å². The Balaban J connectivity index is 1.83. The molecule has 0 bridgehead atoms. The average Bonchev–Trinajstić information content (AvgIpc) is 2.91. The Labute approximate surface area is 138 Å². The fourth-order valence-corrected chi connectivity index (χ4v) is 4.11. The largest absolute Gasteiger partial charge is 0.323 e. The van der Waals surface area contributed by atoms with Crippen molar-refractivity contribution in [1.29, 1.82) is 0 Å². The molecule has 0 aliphatic carbocycles. The number of anilines is 2. The van der Waals surface area contributed by atoms with Crippen LogP contribution >= 0.6 is 0 Å². The van der Waals surface area contributed by atoms with Gasteiger partial charge in [-0.05, 0) is 41.2 Å². The van der Waals surface area contributed by atoms with Gasteiger partial charge in [-0.1, -0.05) is 51.1 Å². The summed E-state index contributed by atoms with van der Waals surface area (Å²) in [6.45, 7) is 6.88. The first kappa shape index (κ1) is 15.9. The summed E-state index contributed by atoms with van der Waals surface area (Å²) in [5.41, 5.74) is 3.65. The van der Waals surface area contributed by atoms with E-state index in [1.807, 2.05) is 48.5 Å². The topological polar surface area (TPSA) is 49.4 Å². The number of hydrogen-bond donors (Lipinski definition) is 1. The molecule has 2 aromatic rings. The summed E-state index contributed by atoms with van der Waals surface area (Å²) in [5, 5.41) is 0. The van der Waals surface area contributed by atoms with E-state index in [-0.39, 0.29) is 5.41 Å². The van der Waals surface area contributed by atoms with Crippen molar-refractivity contribution in [3.63, 3.8) is 0 Å². The maximum Gasteiger partial charge on any atom is 0.323 e. The number of hydrogen-bond acceptors (Lipinski definition) is 2. The molecule has 0 saturated heterocycles. The Morgan fingerprint density at radius 1 is 1.00 bits per heavy atom. The standard InChI is InChI=1S/C18H22N2O2S/c1-18(2,3)15-8-10-16(11-9-15)19-23(21,22)20-13-12-14-6-4-5-7-17(14)20/h4-11,19H,12-13H2,1-3H3. The van der Waals surface area contributed by atoms with Crippen LogP contribution in [-0.2, 0) is 22.0 Å². The van der Waals surface area contributed by atoms with Gasteiger partial charge in [-0.15, -0.1) is 0 Å². The van der Waals surface area contributed by atoms with E-state index < -0.39 is 10.2 Å². The third kappa shape index (κ3) is 3.20. The van der Waals surface area contributed by atoms with Gasteiger partial charge >= 0.3 is 10.2 Å². The molecule has 0 amide bonds. The molecule has 1 heterocycles. The number of fused-ring (bicyclic) bond motifs is 1. The number of rotatable bonds is 3. The molecule has 5 heteroatoms. The summed E-state index contributed by atoms with van der Waals surface area (Å²) < 4.78 is 29.4. The van der Waals surface area contributed by atoms with Crippen LogP contribution in [0.2, 0.25) is 0 Å². The molecule has 1 aliphatic rings. The van der Waals surface area contributed by atoms with E-state index in [1.54, 1.807) is 0 Å². The van der Waals surface area contributed by atoms with Crippen LogP contribution in [0.1, 0.15) is 31.9 Å². The van der Waals surface area contributed by atoms with Crippen LogP contribution in [0, 0.1) is 0 Å². The predicted octanol–water partition coefficient (Wildman–Crippen LogP) is 3.70. The van der Waals surface area contributed by atoms with Crippen molar-refractivity contribution in [2.24, 2.45) is 0 Å². The van der Waals surface area contributed by atoms with E-state index >= 15 is 0 Å². The van der Waals surface area contributed by atoms with E-state index in [1.165, 1.54) is 9.87 Å². The summed E-state index contributed by atoms with van der Waals surface area (Å²) in [7, 11) is -3.59. The second-order valence-corrected chi connectivity index (χ2v) is 8.48. The molecule has 0 fully saturated rings. The third-order valence-corrected chi connectivity index (χ3v) is 5.59. The highest BCUT2D eigenvalue weighted by atomic mass is 32.2. The highest BCUT2D eigenvalue weighted by Gasteiger charge is 2.29. The Hall–Kier alpha value is -2.01. The molecule has 3 rings (SSSR count). The lowest BCUT2D eigenvalue weighted by Gasteiger charge is -2.22. The summed E-state index contributed by atoms with van der Waals surface area (Å²) >= 11 is 0. The van der Waals surface area contributed by atoms with E-state index in [2.05, 4.69) is 25.5 Å². The van der Waals surface area contributed by atoms with Gasteiger partial charge in [0.15, 0.2) is 0 Å². The molecule has 0 aromatic heterocycles. The Morgan fingerprint density at radius 2 is 1.65 bits per heavy atom. The highest BCUT2D eigenvalue weighted by Crippen LogP contribution is 2.31. The molecule has 4 nitrogen and oxygen atoms in total. The molecule has 122 valence electrons. The second-order valence-electron chi connectivity index (χ2n) is 6.89. The van der Waals surface area contributed by atoms with Crippen LogP contribution in [0.3, 0.4) is 0 Å². The summed E-state index contributed by atoms with van der Waals surface area (Å²) in [6, 6.07) is 15.2. The SMILES string of the molecule is CC(C)(C)c1ccc(NS(=O)(=O)N2CCc3ccccc32)cc1. The molecule has 23 heavy (non-hydrogen) atoms. The Morgan fingerprint density at radius 3 is 2.30 bits per heavy atom. The summed E-state index contributed by atoms with van der Waals surface area (Å²) in [5.74, 6) is 0. The van der Waals surface area contributed by atoms with Crippen molar-refractivity contribution in [2.45, 2.75) is 32.6 Å². The average molecular weight is 330 g/mol. The number of benzene rings is 2. The van der Waals surface area contributed by atoms with Crippen molar-refractivity contribution in [3.8, 4) is 0 Å². The molecule has 0 atom stereocenters. The van der Waals surface area contributed by atoms with Crippen LogP contribution in [-0.4, -0.2) is 15.0 Å². The summed E-state index contributed by atoms with van der Waals surface area (Å²) in [6.07, 6.45) is 0.750. The van der Waals surface area contributed by atoms with Crippen LogP contribution in [0.5, 0.6) is 0 Å². The van der Waals surface area contributed by atoms with Crippen molar-refractivity contribution in [2.75, 3.05) is 15.6 Å². The minimum absolute atomic E-state index is 0.0469. The van der Waals surface area contributed by atoms with Crippen LogP contribution in [0.4, 0.5) is 11.4 Å². The molecular weight excluding hydrogens is 308 g/mol. The van der Waals surface area contributed by atoms with Gasteiger partial charge in [-0.25, -0.2) is 0 Å². The van der Waals surface area contributed by atoms with Crippen LogP contribution < -0.4 is 9.03 Å². The number of nitrogens with zero attached hydrogens (tertiary/aromatic N) is 1. The smallest absolute Gasteiger partial charge is 0.267 e. The number of nitrogens with one attached hydrogen (secondary N) is 1. The number of para-hydroxylation sites is 1. The zero-order chi connectivity index (χ0) is 16.7. The first-order chi connectivity index (χ1) is 10.8.